The fourth-order valence-electron chi connectivity index (χ4n) is 2.24. The van der Waals surface area contributed by atoms with Gasteiger partial charge in [0.15, 0.2) is 0 Å². The Labute approximate surface area is 150 Å². The van der Waals surface area contributed by atoms with E-state index >= 15 is 0 Å². The number of aryl methyl sites for hydroxylation is 2. The predicted octanol–water partition coefficient (Wildman–Crippen LogP) is 2.86. The van der Waals surface area contributed by atoms with Crippen LogP contribution in [0.4, 0.5) is 5.88 Å². The van der Waals surface area contributed by atoms with Crippen LogP contribution in [-0.2, 0) is 16.1 Å². The van der Waals surface area contributed by atoms with E-state index in [1.165, 1.54) is 29.5 Å². The minimum absolute atomic E-state index is 0.145. The van der Waals surface area contributed by atoms with E-state index < -0.39 is 16.8 Å². The number of nitrogens with zero attached hydrogens (tertiary/aromatic N) is 2. The Kier molecular flexibility index (Phi) is 4.67. The fourth-order valence-corrected chi connectivity index (χ4v) is 3.28. The van der Waals surface area contributed by atoms with Crippen molar-refractivity contribution in [2.45, 2.75) is 20.5 Å². The Balaban J connectivity index is 1.67. The van der Waals surface area contributed by atoms with E-state index in [-0.39, 0.29) is 23.8 Å². The summed E-state index contributed by atoms with van der Waals surface area (Å²) in [5.74, 6) is -0.745. The van der Waals surface area contributed by atoms with Crippen LogP contribution in [0.3, 0.4) is 0 Å². The van der Waals surface area contributed by atoms with Gasteiger partial charge in [-0.2, -0.15) is 0 Å². The van der Waals surface area contributed by atoms with Crippen molar-refractivity contribution in [2.75, 3.05) is 0 Å². The third-order valence-electron chi connectivity index (χ3n) is 3.62. The number of carbonyl (C=O) groups is 1. The molecule has 3 heterocycles. The first-order valence-corrected chi connectivity index (χ1v) is 8.24. The zero-order valence-electron chi connectivity index (χ0n) is 13.8. The third kappa shape index (κ3) is 3.54. The molecule has 0 spiro atoms. The number of aromatic amines is 1. The molecule has 3 rings (SSSR count). The summed E-state index contributed by atoms with van der Waals surface area (Å²) < 4.78 is 9.90. The van der Waals surface area contributed by atoms with Gasteiger partial charge in [-0.3, -0.25) is 14.9 Å². The lowest BCUT2D eigenvalue weighted by Gasteiger charge is -2.01. The average Bonchev–Trinajstić information content (AvgIpc) is 3.16. The van der Waals surface area contributed by atoms with Gasteiger partial charge in [0.05, 0.1) is 11.5 Å². The molecule has 0 aliphatic rings. The first-order valence-electron chi connectivity index (χ1n) is 7.43. The number of rotatable bonds is 5. The number of esters is 1. The average molecular weight is 375 g/mol. The summed E-state index contributed by atoms with van der Waals surface area (Å²) in [4.78, 5) is 42.2. The molecule has 0 amide bonds. The zero-order chi connectivity index (χ0) is 18.8. The van der Waals surface area contributed by atoms with E-state index in [1.54, 1.807) is 0 Å². The van der Waals surface area contributed by atoms with Gasteiger partial charge in [-0.05, 0) is 31.6 Å². The second kappa shape index (κ2) is 6.92. The van der Waals surface area contributed by atoms with E-state index in [0.717, 1.165) is 16.5 Å². The molecule has 3 aromatic rings. The molecular formula is C16H13N3O6S. The molecule has 10 heteroatoms. The molecule has 0 unspecified atom stereocenters. The van der Waals surface area contributed by atoms with Crippen LogP contribution in [-0.4, -0.2) is 20.9 Å². The van der Waals surface area contributed by atoms with Gasteiger partial charge in [-0.1, -0.05) is 0 Å². The zero-order valence-corrected chi connectivity index (χ0v) is 14.6. The molecule has 0 bridgehead atoms. The normalized spacial score (nSPS) is 11.3. The van der Waals surface area contributed by atoms with Crippen molar-refractivity contribution in [3.05, 3.63) is 60.7 Å². The van der Waals surface area contributed by atoms with Crippen LogP contribution < -0.4 is 5.56 Å². The number of H-pyrrole nitrogens is 1. The number of aromatic nitrogens is 2. The predicted molar refractivity (Wildman–Crippen MR) is 93.9 cm³/mol. The van der Waals surface area contributed by atoms with Gasteiger partial charge in [-0.15, -0.1) is 11.3 Å². The molecule has 3 aromatic heterocycles. The first-order chi connectivity index (χ1) is 12.3. The molecule has 0 radical (unpaired) electrons. The van der Waals surface area contributed by atoms with Crippen molar-refractivity contribution in [1.82, 2.24) is 9.97 Å². The summed E-state index contributed by atoms with van der Waals surface area (Å²) in [6.45, 7) is 3.56. The molecule has 0 aromatic carbocycles. The number of furan rings is 1. The van der Waals surface area contributed by atoms with Gasteiger partial charge in [-0.25, -0.2) is 9.78 Å². The molecule has 9 nitrogen and oxygen atoms in total. The summed E-state index contributed by atoms with van der Waals surface area (Å²) in [5.41, 5.74) is 0.610. The van der Waals surface area contributed by atoms with Crippen LogP contribution in [0.5, 0.6) is 0 Å². The van der Waals surface area contributed by atoms with Gasteiger partial charge in [0, 0.05) is 11.0 Å². The molecule has 0 aliphatic heterocycles. The van der Waals surface area contributed by atoms with Crippen LogP contribution in [0, 0.1) is 24.0 Å². The maximum atomic E-state index is 12.1. The van der Waals surface area contributed by atoms with Gasteiger partial charge in [0.1, 0.15) is 27.9 Å². The molecule has 26 heavy (non-hydrogen) atoms. The number of fused-ring (bicyclic) bond motifs is 1. The molecule has 0 saturated carbocycles. The Hall–Kier alpha value is -3.27. The minimum Gasteiger partial charge on any atom is -0.454 e. The van der Waals surface area contributed by atoms with Crippen molar-refractivity contribution in [3.8, 4) is 0 Å². The van der Waals surface area contributed by atoms with Gasteiger partial charge in [0.25, 0.3) is 5.56 Å². The second-order valence-corrected chi connectivity index (χ2v) is 6.55. The van der Waals surface area contributed by atoms with E-state index in [2.05, 4.69) is 9.97 Å². The molecule has 0 aliphatic carbocycles. The minimum atomic E-state index is -0.703. The molecular weight excluding hydrogens is 362 g/mol. The summed E-state index contributed by atoms with van der Waals surface area (Å²) in [5, 5.41) is 11.1. The highest BCUT2D eigenvalue weighted by molar-refractivity contribution is 7.18. The first kappa shape index (κ1) is 17.5. The maximum Gasteiger partial charge on any atom is 0.433 e. The number of hydrogen-bond donors (Lipinski definition) is 1. The third-order valence-corrected chi connectivity index (χ3v) is 4.72. The highest BCUT2D eigenvalue weighted by atomic mass is 32.1. The number of carbonyl (C=O) groups excluding carboxylic acids is 1. The number of nitro groups is 1. The van der Waals surface area contributed by atoms with E-state index in [1.807, 2.05) is 13.8 Å². The monoisotopic (exact) mass is 375 g/mol. The van der Waals surface area contributed by atoms with Crippen LogP contribution in [0.15, 0.2) is 27.4 Å². The van der Waals surface area contributed by atoms with Crippen LogP contribution in [0.1, 0.15) is 22.0 Å². The Morgan fingerprint density at radius 1 is 1.46 bits per heavy atom. The van der Waals surface area contributed by atoms with Gasteiger partial charge < -0.3 is 14.1 Å². The van der Waals surface area contributed by atoms with Crippen LogP contribution in [0.25, 0.3) is 16.3 Å². The highest BCUT2D eigenvalue weighted by Crippen LogP contribution is 2.25. The molecule has 1 N–H and O–H groups in total. The molecule has 0 saturated heterocycles. The Morgan fingerprint density at radius 2 is 2.23 bits per heavy atom. The van der Waals surface area contributed by atoms with E-state index in [4.69, 9.17) is 9.15 Å². The lowest BCUT2D eigenvalue weighted by molar-refractivity contribution is -0.402. The molecule has 0 fully saturated rings. The number of ether oxygens (including phenoxy) is 1. The van der Waals surface area contributed by atoms with Crippen molar-refractivity contribution >= 4 is 39.5 Å². The van der Waals surface area contributed by atoms with Crippen LogP contribution in [0.2, 0.25) is 0 Å². The second-order valence-electron chi connectivity index (χ2n) is 5.35. The van der Waals surface area contributed by atoms with Crippen molar-refractivity contribution in [3.63, 3.8) is 0 Å². The largest absolute Gasteiger partial charge is 0.454 e. The SMILES string of the molecule is Cc1sc2nc(COC(=O)/C=C/c3ccc([N+](=O)[O-])o3)[nH]c(=O)c2c1C. The number of thiophene rings is 1. The Morgan fingerprint density at radius 3 is 2.92 bits per heavy atom. The maximum absolute atomic E-state index is 12.1. The summed E-state index contributed by atoms with van der Waals surface area (Å²) in [6, 6.07) is 2.54. The van der Waals surface area contributed by atoms with Crippen LogP contribution >= 0.6 is 11.3 Å². The van der Waals surface area contributed by atoms with Crippen molar-refractivity contribution < 1.29 is 18.9 Å². The van der Waals surface area contributed by atoms with Gasteiger partial charge >= 0.3 is 11.9 Å². The van der Waals surface area contributed by atoms with Crippen molar-refractivity contribution in [1.29, 1.82) is 0 Å². The fraction of sp³-hybridized carbons (Fsp3) is 0.188. The molecule has 134 valence electrons. The molecule has 0 atom stereocenters. The van der Waals surface area contributed by atoms with E-state index in [9.17, 15) is 19.7 Å². The van der Waals surface area contributed by atoms with E-state index in [0.29, 0.717) is 10.2 Å². The quantitative estimate of drug-likeness (QED) is 0.314. The highest BCUT2D eigenvalue weighted by Gasteiger charge is 2.13. The lowest BCUT2D eigenvalue weighted by Crippen LogP contribution is -2.13. The topological polar surface area (TPSA) is 128 Å². The van der Waals surface area contributed by atoms with Crippen molar-refractivity contribution in [2.24, 2.45) is 0 Å². The summed E-state index contributed by atoms with van der Waals surface area (Å²) in [7, 11) is 0. The number of hydrogen-bond acceptors (Lipinski definition) is 8. The summed E-state index contributed by atoms with van der Waals surface area (Å²) in [6.07, 6.45) is 2.32. The Bertz CT molecular complexity index is 1090. The lowest BCUT2D eigenvalue weighted by atomic mass is 10.2. The smallest absolute Gasteiger partial charge is 0.433 e. The number of nitrogens with one attached hydrogen (secondary N) is 1. The van der Waals surface area contributed by atoms with Gasteiger partial charge in [0.2, 0.25) is 0 Å². The standard InChI is InChI=1S/C16H13N3O6S/c1-8-9(2)26-16-14(8)15(21)17-11(18-16)7-24-13(20)6-4-10-3-5-12(25-10)19(22)23/h3-6H,7H2,1-2H3,(H,17,18,21)/b6-4+. The summed E-state index contributed by atoms with van der Waals surface area (Å²) >= 11 is 1.40.